The molecule has 1 fully saturated rings. The Bertz CT molecular complexity index is 1150. The van der Waals surface area contributed by atoms with E-state index in [2.05, 4.69) is 5.32 Å². The topological polar surface area (TPSA) is 96.0 Å². The minimum atomic E-state index is -3.83. The molecule has 0 spiro atoms. The van der Waals surface area contributed by atoms with Crippen LogP contribution < -0.4 is 10.1 Å². The van der Waals surface area contributed by atoms with Gasteiger partial charge in [0.25, 0.3) is 5.91 Å². The van der Waals surface area contributed by atoms with Crippen LogP contribution >= 0.6 is 0 Å². The Morgan fingerprint density at radius 3 is 2.73 bits per heavy atom. The number of benzene rings is 2. The van der Waals surface area contributed by atoms with Crippen molar-refractivity contribution >= 4 is 27.5 Å². The van der Waals surface area contributed by atoms with Gasteiger partial charge in [0.2, 0.25) is 15.9 Å². The van der Waals surface area contributed by atoms with Crippen LogP contribution in [-0.4, -0.2) is 55.7 Å². The smallest absolute Gasteiger partial charge is 0.262 e. The maximum atomic E-state index is 13.5. The lowest BCUT2D eigenvalue weighted by molar-refractivity contribution is -0.137. The fraction of sp³-hybridized carbons (Fsp3) is 0.417. The van der Waals surface area contributed by atoms with E-state index in [0.717, 1.165) is 5.56 Å². The number of rotatable bonds is 6. The summed E-state index contributed by atoms with van der Waals surface area (Å²) in [4.78, 5) is 26.8. The minimum absolute atomic E-state index is 0.0190. The van der Waals surface area contributed by atoms with Gasteiger partial charge >= 0.3 is 0 Å². The van der Waals surface area contributed by atoms with Crippen molar-refractivity contribution in [3.8, 4) is 5.75 Å². The summed E-state index contributed by atoms with van der Waals surface area (Å²) in [6, 6.07) is 12.9. The van der Waals surface area contributed by atoms with Crippen molar-refractivity contribution in [3.63, 3.8) is 0 Å². The summed E-state index contributed by atoms with van der Waals surface area (Å²) < 4.78 is 33.9. The number of ether oxygens (including phenoxy) is 1. The van der Waals surface area contributed by atoms with Crippen LogP contribution in [0, 0.1) is 12.8 Å². The van der Waals surface area contributed by atoms with Crippen molar-refractivity contribution in [3.05, 3.63) is 53.6 Å². The van der Waals surface area contributed by atoms with Gasteiger partial charge in [-0.3, -0.25) is 9.59 Å². The summed E-state index contributed by atoms with van der Waals surface area (Å²) in [5.41, 5.74) is 2.03. The standard InChI is InChI=1S/C24H29N3O5S/c1-3-26(14-18-8-5-4-6-9-18)24(29)19-10-7-11-27(15-19)33(30,31)22-13-21-20(12-17(22)2)25-23(28)16-32-21/h4-6,8-9,12-13,19H,3,7,10-11,14-16H2,1-2H3,(H,25,28)/t19-/m1/s1. The Hall–Kier alpha value is -2.91. The second-order valence-corrected chi connectivity index (χ2v) is 10.4. The van der Waals surface area contributed by atoms with E-state index in [4.69, 9.17) is 4.74 Å². The molecular weight excluding hydrogens is 442 g/mol. The molecule has 1 atom stereocenters. The number of hydrogen-bond acceptors (Lipinski definition) is 5. The fourth-order valence-electron chi connectivity index (χ4n) is 4.40. The highest BCUT2D eigenvalue weighted by Crippen LogP contribution is 2.35. The van der Waals surface area contributed by atoms with E-state index in [1.54, 1.807) is 17.9 Å². The first-order valence-electron chi connectivity index (χ1n) is 11.2. The molecule has 9 heteroatoms. The molecule has 2 amide bonds. The molecule has 8 nitrogen and oxygen atoms in total. The Morgan fingerprint density at radius 1 is 1.24 bits per heavy atom. The summed E-state index contributed by atoms with van der Waals surface area (Å²) in [6.07, 6.45) is 1.28. The number of sulfonamides is 1. The van der Waals surface area contributed by atoms with Crippen LogP contribution in [0.3, 0.4) is 0 Å². The zero-order valence-corrected chi connectivity index (χ0v) is 19.7. The molecule has 1 N–H and O–H groups in total. The largest absolute Gasteiger partial charge is 0.482 e. The number of carbonyl (C=O) groups is 2. The Balaban J connectivity index is 1.53. The Kier molecular flexibility index (Phi) is 6.71. The third-order valence-electron chi connectivity index (χ3n) is 6.17. The molecule has 2 heterocycles. The first-order chi connectivity index (χ1) is 15.8. The van der Waals surface area contributed by atoms with Gasteiger partial charge < -0.3 is 15.0 Å². The third kappa shape index (κ3) is 4.89. The summed E-state index contributed by atoms with van der Waals surface area (Å²) >= 11 is 0. The Labute approximate surface area is 194 Å². The SMILES string of the molecule is CCN(Cc1ccccc1)C(=O)[C@@H]1CCCN(S(=O)(=O)c2cc3c(cc2C)NC(=O)CO3)C1. The molecule has 4 rings (SSSR count). The second-order valence-electron chi connectivity index (χ2n) is 8.49. The average Bonchev–Trinajstić information content (AvgIpc) is 2.82. The Morgan fingerprint density at radius 2 is 2.00 bits per heavy atom. The van der Waals surface area contributed by atoms with E-state index in [1.165, 1.54) is 10.4 Å². The van der Waals surface area contributed by atoms with Crippen molar-refractivity contribution in [2.75, 3.05) is 31.6 Å². The number of fused-ring (bicyclic) bond motifs is 1. The maximum Gasteiger partial charge on any atom is 0.262 e. The van der Waals surface area contributed by atoms with Gasteiger partial charge in [0.1, 0.15) is 5.75 Å². The molecule has 176 valence electrons. The molecular formula is C24H29N3O5S. The van der Waals surface area contributed by atoms with Gasteiger partial charge in [-0.15, -0.1) is 0 Å². The summed E-state index contributed by atoms with van der Waals surface area (Å²) in [5, 5.41) is 2.70. The van der Waals surface area contributed by atoms with E-state index in [-0.39, 0.29) is 35.8 Å². The van der Waals surface area contributed by atoms with Crippen molar-refractivity contribution in [1.82, 2.24) is 9.21 Å². The zero-order chi connectivity index (χ0) is 23.6. The van der Waals surface area contributed by atoms with Crippen LogP contribution in [0.4, 0.5) is 5.69 Å². The number of nitrogens with zero attached hydrogens (tertiary/aromatic N) is 2. The van der Waals surface area contributed by atoms with Crippen LogP contribution in [0.1, 0.15) is 30.9 Å². The third-order valence-corrected chi connectivity index (χ3v) is 8.18. The highest BCUT2D eigenvalue weighted by molar-refractivity contribution is 7.89. The van der Waals surface area contributed by atoms with E-state index < -0.39 is 10.0 Å². The highest BCUT2D eigenvalue weighted by atomic mass is 32.2. The summed E-state index contributed by atoms with van der Waals surface area (Å²) in [7, 11) is -3.83. The summed E-state index contributed by atoms with van der Waals surface area (Å²) in [6.45, 7) is 5.07. The lowest BCUT2D eigenvalue weighted by Gasteiger charge is -2.34. The molecule has 0 aliphatic carbocycles. The molecule has 2 aromatic carbocycles. The van der Waals surface area contributed by atoms with Gasteiger partial charge in [-0.05, 0) is 43.9 Å². The van der Waals surface area contributed by atoms with Gasteiger partial charge in [-0.2, -0.15) is 4.31 Å². The van der Waals surface area contributed by atoms with Crippen LogP contribution in [0.5, 0.6) is 5.75 Å². The molecule has 33 heavy (non-hydrogen) atoms. The van der Waals surface area contributed by atoms with Gasteiger partial charge in [-0.1, -0.05) is 30.3 Å². The molecule has 0 radical (unpaired) electrons. The number of nitrogens with one attached hydrogen (secondary N) is 1. The van der Waals surface area contributed by atoms with Crippen molar-refractivity contribution in [2.24, 2.45) is 5.92 Å². The van der Waals surface area contributed by atoms with E-state index in [1.807, 2.05) is 37.3 Å². The molecule has 0 saturated carbocycles. The number of anilines is 1. The minimum Gasteiger partial charge on any atom is -0.482 e. The van der Waals surface area contributed by atoms with Crippen LogP contribution in [-0.2, 0) is 26.2 Å². The van der Waals surface area contributed by atoms with E-state index >= 15 is 0 Å². The molecule has 2 aliphatic heterocycles. The quantitative estimate of drug-likeness (QED) is 0.699. The van der Waals surface area contributed by atoms with E-state index in [0.29, 0.717) is 49.5 Å². The van der Waals surface area contributed by atoms with E-state index in [9.17, 15) is 18.0 Å². The van der Waals surface area contributed by atoms with Gasteiger partial charge in [0, 0.05) is 32.2 Å². The van der Waals surface area contributed by atoms with Crippen molar-refractivity contribution in [1.29, 1.82) is 0 Å². The monoisotopic (exact) mass is 471 g/mol. The van der Waals surface area contributed by atoms with Crippen molar-refractivity contribution < 1.29 is 22.7 Å². The number of amides is 2. The maximum absolute atomic E-state index is 13.5. The number of carbonyl (C=O) groups excluding carboxylic acids is 2. The number of aryl methyl sites for hydroxylation is 1. The van der Waals surface area contributed by atoms with Crippen LogP contribution in [0.25, 0.3) is 0 Å². The van der Waals surface area contributed by atoms with Gasteiger partial charge in [-0.25, -0.2) is 8.42 Å². The van der Waals surface area contributed by atoms with Crippen molar-refractivity contribution in [2.45, 2.75) is 38.1 Å². The van der Waals surface area contributed by atoms with Gasteiger partial charge in [0.15, 0.2) is 6.61 Å². The fourth-order valence-corrected chi connectivity index (χ4v) is 6.15. The second kappa shape index (κ2) is 9.52. The lowest BCUT2D eigenvalue weighted by atomic mass is 9.98. The summed E-state index contributed by atoms with van der Waals surface area (Å²) in [5.74, 6) is -0.338. The molecule has 0 bridgehead atoms. The number of piperidine rings is 1. The van der Waals surface area contributed by atoms with Crippen LogP contribution in [0.2, 0.25) is 0 Å². The zero-order valence-electron chi connectivity index (χ0n) is 18.9. The molecule has 2 aliphatic rings. The predicted molar refractivity (Wildman–Crippen MR) is 124 cm³/mol. The predicted octanol–water partition coefficient (Wildman–Crippen LogP) is 2.78. The van der Waals surface area contributed by atoms with Gasteiger partial charge in [0.05, 0.1) is 16.5 Å². The molecule has 2 aromatic rings. The molecule has 1 saturated heterocycles. The van der Waals surface area contributed by atoms with Crippen LogP contribution in [0.15, 0.2) is 47.4 Å². The lowest BCUT2D eigenvalue weighted by Crippen LogP contribution is -2.46. The molecule has 0 unspecified atom stereocenters. The molecule has 0 aromatic heterocycles. The first kappa shape index (κ1) is 23.3. The average molecular weight is 472 g/mol. The normalized spacial score (nSPS) is 18.7. The first-order valence-corrected chi connectivity index (χ1v) is 12.6. The number of hydrogen-bond donors (Lipinski definition) is 1. The highest BCUT2D eigenvalue weighted by Gasteiger charge is 2.36.